The van der Waals surface area contributed by atoms with Gasteiger partial charge in [-0.3, -0.25) is 4.21 Å². The minimum absolute atomic E-state index is 0.193. The molecule has 2 heterocycles. The average Bonchev–Trinajstić information content (AvgIpc) is 2.95. The van der Waals surface area contributed by atoms with Crippen molar-refractivity contribution in [1.29, 1.82) is 0 Å². The molecule has 0 aromatic carbocycles. The maximum absolute atomic E-state index is 12.3. The smallest absolute Gasteiger partial charge is 0.242 e. The van der Waals surface area contributed by atoms with Gasteiger partial charge in [0, 0.05) is 5.92 Å². The van der Waals surface area contributed by atoms with Gasteiger partial charge in [-0.1, -0.05) is 19.0 Å². The number of hydrogen-bond acceptors (Lipinski definition) is 5. The van der Waals surface area contributed by atoms with Crippen LogP contribution in [0.25, 0.3) is 0 Å². The van der Waals surface area contributed by atoms with E-state index < -0.39 is 10.8 Å². The minimum atomic E-state index is -1.25. The molecule has 0 N–H and O–H groups in total. The molecule has 0 spiro atoms. The zero-order chi connectivity index (χ0) is 13.3. The van der Waals surface area contributed by atoms with Crippen LogP contribution in [0.2, 0.25) is 0 Å². The largest absolute Gasteiger partial charge is 0.468 e. The highest BCUT2D eigenvalue weighted by atomic mass is 32.2. The minimum Gasteiger partial charge on any atom is -0.468 e. The molecule has 0 fully saturated rings. The van der Waals surface area contributed by atoms with Gasteiger partial charge in [0.15, 0.2) is 5.82 Å². The van der Waals surface area contributed by atoms with Gasteiger partial charge in [-0.15, -0.1) is 0 Å². The second kappa shape index (κ2) is 5.06. The van der Waals surface area contributed by atoms with E-state index in [1.54, 1.807) is 19.9 Å². The Labute approximate surface area is 108 Å². The van der Waals surface area contributed by atoms with Crippen LogP contribution in [0.3, 0.4) is 0 Å². The molecule has 2 aromatic rings. The van der Waals surface area contributed by atoms with Gasteiger partial charge in [0.05, 0.1) is 22.0 Å². The van der Waals surface area contributed by atoms with Crippen molar-refractivity contribution in [2.75, 3.05) is 0 Å². The lowest BCUT2D eigenvalue weighted by atomic mass is 10.2. The van der Waals surface area contributed by atoms with Gasteiger partial charge in [0.25, 0.3) is 0 Å². The summed E-state index contributed by atoms with van der Waals surface area (Å²) < 4.78 is 22.6. The van der Waals surface area contributed by atoms with Crippen LogP contribution in [0.15, 0.2) is 26.2 Å². The molecule has 2 rings (SSSR count). The first-order chi connectivity index (χ1) is 8.50. The molecular formula is C12H16N2O3S. The maximum atomic E-state index is 12.3. The average molecular weight is 268 g/mol. The van der Waals surface area contributed by atoms with E-state index in [0.717, 1.165) is 0 Å². The summed E-state index contributed by atoms with van der Waals surface area (Å²) in [4.78, 5) is 4.94. The molecule has 0 aliphatic heterocycles. The van der Waals surface area contributed by atoms with Crippen LogP contribution in [0.4, 0.5) is 0 Å². The molecule has 2 unspecified atom stereocenters. The van der Waals surface area contributed by atoms with Gasteiger partial charge in [-0.05, 0) is 19.9 Å². The van der Waals surface area contributed by atoms with Gasteiger partial charge >= 0.3 is 0 Å². The van der Waals surface area contributed by atoms with Crippen molar-refractivity contribution < 1.29 is 13.1 Å². The summed E-state index contributed by atoms with van der Waals surface area (Å²) in [6.45, 7) is 7.56. The first kappa shape index (κ1) is 13.0. The van der Waals surface area contributed by atoms with E-state index in [1.807, 2.05) is 13.8 Å². The van der Waals surface area contributed by atoms with E-state index in [4.69, 9.17) is 8.94 Å². The van der Waals surface area contributed by atoms with Crippen LogP contribution in [0, 0.1) is 6.92 Å². The fourth-order valence-electron chi connectivity index (χ4n) is 1.51. The Kier molecular flexibility index (Phi) is 3.65. The van der Waals surface area contributed by atoms with E-state index in [-0.39, 0.29) is 11.2 Å². The zero-order valence-corrected chi connectivity index (χ0v) is 11.7. The molecule has 2 aromatic heterocycles. The summed E-state index contributed by atoms with van der Waals surface area (Å²) in [7, 11) is -1.25. The Hall–Kier alpha value is -1.43. The fraction of sp³-hybridized carbons (Fsp3) is 0.500. The number of furan rings is 1. The molecule has 0 saturated carbocycles. The lowest BCUT2D eigenvalue weighted by molar-refractivity contribution is 0.371. The molecule has 5 nitrogen and oxygen atoms in total. The summed E-state index contributed by atoms with van der Waals surface area (Å²) in [5, 5.41) is 3.53. The van der Waals surface area contributed by atoms with E-state index in [0.29, 0.717) is 22.4 Å². The molecule has 0 aliphatic carbocycles. The summed E-state index contributed by atoms with van der Waals surface area (Å²) in [6, 6.07) is 1.71. The van der Waals surface area contributed by atoms with Crippen LogP contribution >= 0.6 is 0 Å². The molecule has 2 atom stereocenters. The second-order valence-electron chi connectivity index (χ2n) is 4.43. The van der Waals surface area contributed by atoms with Gasteiger partial charge in [0.2, 0.25) is 5.89 Å². The zero-order valence-electron chi connectivity index (χ0n) is 10.8. The van der Waals surface area contributed by atoms with E-state index in [2.05, 4.69) is 10.1 Å². The standard InChI is InChI=1S/C12H16N2O3S/c1-7(2)11-13-12(17-14-11)9(4)18(15)10-5-6-16-8(10)3/h5-7,9H,1-4H3. The van der Waals surface area contributed by atoms with Crippen LogP contribution in [0.1, 0.15) is 49.4 Å². The second-order valence-corrected chi connectivity index (χ2v) is 6.17. The van der Waals surface area contributed by atoms with E-state index in [1.165, 1.54) is 6.26 Å². The molecule has 0 saturated heterocycles. The lowest BCUT2D eigenvalue weighted by Gasteiger charge is -2.05. The Bertz CT molecular complexity index is 559. The van der Waals surface area contributed by atoms with Crippen molar-refractivity contribution in [2.45, 2.75) is 43.8 Å². The summed E-state index contributed by atoms with van der Waals surface area (Å²) >= 11 is 0. The van der Waals surface area contributed by atoms with Gasteiger partial charge < -0.3 is 8.94 Å². The summed E-state index contributed by atoms with van der Waals surface area (Å²) in [6.07, 6.45) is 1.53. The van der Waals surface area contributed by atoms with Crippen molar-refractivity contribution in [2.24, 2.45) is 0 Å². The highest BCUT2D eigenvalue weighted by molar-refractivity contribution is 7.85. The van der Waals surface area contributed by atoms with Crippen molar-refractivity contribution in [1.82, 2.24) is 10.1 Å². The molecule has 0 aliphatic rings. The Morgan fingerprint density at radius 2 is 2.06 bits per heavy atom. The molecule has 0 radical (unpaired) electrons. The van der Waals surface area contributed by atoms with Crippen LogP contribution in [-0.2, 0) is 10.8 Å². The molecule has 0 amide bonds. The molecular weight excluding hydrogens is 252 g/mol. The first-order valence-corrected chi connectivity index (χ1v) is 7.00. The normalized spacial score (nSPS) is 14.9. The van der Waals surface area contributed by atoms with Crippen molar-refractivity contribution in [3.8, 4) is 0 Å². The third-order valence-corrected chi connectivity index (χ3v) is 4.37. The van der Waals surface area contributed by atoms with Gasteiger partial charge in [0.1, 0.15) is 11.0 Å². The fourth-order valence-corrected chi connectivity index (χ4v) is 2.69. The predicted molar refractivity (Wildman–Crippen MR) is 66.7 cm³/mol. The number of nitrogens with zero attached hydrogens (tertiary/aromatic N) is 2. The Balaban J connectivity index is 2.23. The summed E-state index contributed by atoms with van der Waals surface area (Å²) in [5.41, 5.74) is 0. The number of rotatable bonds is 4. The quantitative estimate of drug-likeness (QED) is 0.852. The lowest BCUT2D eigenvalue weighted by Crippen LogP contribution is -2.04. The van der Waals surface area contributed by atoms with Crippen molar-refractivity contribution in [3.05, 3.63) is 29.8 Å². The number of aryl methyl sites for hydroxylation is 1. The maximum Gasteiger partial charge on any atom is 0.242 e. The van der Waals surface area contributed by atoms with Crippen LogP contribution in [0.5, 0.6) is 0 Å². The van der Waals surface area contributed by atoms with Crippen LogP contribution < -0.4 is 0 Å². The predicted octanol–water partition coefficient (Wildman–Crippen LogP) is 2.96. The first-order valence-electron chi connectivity index (χ1n) is 5.79. The Morgan fingerprint density at radius 1 is 1.33 bits per heavy atom. The topological polar surface area (TPSA) is 69.1 Å². The van der Waals surface area contributed by atoms with E-state index in [9.17, 15) is 4.21 Å². The van der Waals surface area contributed by atoms with Crippen LogP contribution in [-0.4, -0.2) is 14.3 Å². The molecule has 0 bridgehead atoms. The van der Waals surface area contributed by atoms with Gasteiger partial charge in [-0.2, -0.15) is 4.98 Å². The number of hydrogen-bond donors (Lipinski definition) is 0. The highest BCUT2D eigenvalue weighted by Gasteiger charge is 2.24. The Morgan fingerprint density at radius 3 is 2.56 bits per heavy atom. The van der Waals surface area contributed by atoms with Crippen molar-refractivity contribution >= 4 is 10.8 Å². The highest BCUT2D eigenvalue weighted by Crippen LogP contribution is 2.26. The molecule has 18 heavy (non-hydrogen) atoms. The van der Waals surface area contributed by atoms with E-state index >= 15 is 0 Å². The van der Waals surface area contributed by atoms with Crippen molar-refractivity contribution in [3.63, 3.8) is 0 Å². The third-order valence-electron chi connectivity index (χ3n) is 2.67. The summed E-state index contributed by atoms with van der Waals surface area (Å²) in [5.74, 6) is 1.89. The molecule has 6 heteroatoms. The molecule has 98 valence electrons. The van der Waals surface area contributed by atoms with Gasteiger partial charge in [-0.25, -0.2) is 0 Å². The SMILES string of the molecule is Cc1occc1S(=O)C(C)c1nc(C(C)C)no1. The third kappa shape index (κ3) is 2.38. The number of aromatic nitrogens is 2. The monoisotopic (exact) mass is 268 g/mol.